The molecule has 9 heterocycles. The predicted octanol–water partition coefficient (Wildman–Crippen LogP) is 8.30. The number of phenolic OH excluding ortho intramolecular Hbond substituents is 1. The third-order valence-corrected chi connectivity index (χ3v) is 16.0. The van der Waals surface area contributed by atoms with E-state index in [2.05, 4.69) is 27.4 Å². The Morgan fingerprint density at radius 1 is 1.00 bits per heavy atom. The number of hydrogen-bond acceptors (Lipinski definition) is 14. The van der Waals surface area contributed by atoms with Crippen molar-refractivity contribution in [3.8, 4) is 52.5 Å². The van der Waals surface area contributed by atoms with Gasteiger partial charge in [-0.15, -0.1) is 6.42 Å². The lowest BCUT2D eigenvalue weighted by Crippen LogP contribution is -2.55. The van der Waals surface area contributed by atoms with Gasteiger partial charge in [0.25, 0.3) is 11.5 Å². The van der Waals surface area contributed by atoms with Gasteiger partial charge in [-0.25, -0.2) is 18.6 Å². The number of anilines is 1. The quantitative estimate of drug-likeness (QED) is 0.0757. The number of aryl methyl sites for hydroxylation is 1. The van der Waals surface area contributed by atoms with E-state index in [0.29, 0.717) is 58.8 Å². The lowest BCUT2D eigenvalue weighted by Gasteiger charge is -2.41. The highest BCUT2D eigenvalue weighted by atomic mass is 19.1. The number of aliphatic hydroxyl groups excluding tert-OH is 1. The summed E-state index contributed by atoms with van der Waals surface area (Å²) in [5.74, 6) is 0.471. The number of carbonyl (C=O) groups excluding carboxylic acids is 2. The Hall–Kier alpha value is -8.01. The van der Waals surface area contributed by atoms with Gasteiger partial charge in [0.15, 0.2) is 11.9 Å². The number of halogens is 2. The minimum absolute atomic E-state index is 0.0169. The molecule has 2 unspecified atom stereocenters. The fourth-order valence-corrected chi connectivity index (χ4v) is 12.2. The fourth-order valence-electron chi connectivity index (χ4n) is 12.2. The average molecular weight is 1050 g/mol. The number of terminal acetylenes is 1. The molecule has 7 aromatic rings. The monoisotopic (exact) mass is 1040 g/mol. The number of aromatic hydroxyl groups is 1. The second-order valence-corrected chi connectivity index (χ2v) is 20.3. The Labute approximate surface area is 442 Å². The number of benzene rings is 3. The molecule has 0 radical (unpaired) electrons. The Morgan fingerprint density at radius 2 is 1.78 bits per heavy atom. The molecule has 0 spiro atoms. The largest absolute Gasteiger partial charge is 0.508 e. The van der Waals surface area contributed by atoms with E-state index in [0.717, 1.165) is 55.3 Å². The molecule has 2 N–H and O–H groups in total. The van der Waals surface area contributed by atoms with E-state index in [-0.39, 0.29) is 105 Å². The smallest absolute Gasteiger partial charge is 0.340 e. The lowest BCUT2D eigenvalue weighted by molar-refractivity contribution is -0.157. The summed E-state index contributed by atoms with van der Waals surface area (Å²) in [5, 5.41) is 23.1. The molecule has 3 atom stereocenters. The molecule has 1 amide bonds. The summed E-state index contributed by atoms with van der Waals surface area (Å²) in [7, 11) is 0. The van der Waals surface area contributed by atoms with Crippen molar-refractivity contribution in [2.24, 2.45) is 0 Å². The summed E-state index contributed by atoms with van der Waals surface area (Å²) < 4.78 is 52.0. The van der Waals surface area contributed by atoms with Crippen LogP contribution in [0.5, 0.6) is 17.5 Å². The fraction of sp³-hybridized carbons (Fsp3) is 0.373. The first-order valence-corrected chi connectivity index (χ1v) is 26.3. The molecule has 18 heteroatoms. The molecule has 3 aromatic carbocycles. The predicted molar refractivity (Wildman–Crippen MR) is 287 cm³/mol. The van der Waals surface area contributed by atoms with E-state index in [1.807, 2.05) is 44.7 Å². The van der Waals surface area contributed by atoms with E-state index in [1.54, 1.807) is 28.5 Å². The highest BCUT2D eigenvalue weighted by Gasteiger charge is 2.45. The number of rotatable bonds is 10. The van der Waals surface area contributed by atoms with Crippen LogP contribution in [0.4, 0.5) is 14.6 Å². The standard InChI is InChI=1S/C57H52F2N8O8.C2H6/c1-6-35-37-22-34(11-13-44(37)61-48-41(35)26-67-45(48)23-38-42(54(67)71)27-73-55(72)51(38)69)75-31(5)30(4)53(70)64-18-19-66(29(3)25-64)52-40-24-60-49(39-21-33(68)20-32-10-12-43(58)36(7-2)46(32)39)47(59)50(40)62-56(63-52)74-28-57-14-8-16-65(57)17-9-15-57;1-2/h2,10-13,20-24,29,31,51,68-69H,4,6,8-9,14-19,25-28H2,1,3,5H3;1-2H3/t29-,31?,51?;/m0./s1. The minimum atomic E-state index is -1.55. The Balaban J connectivity index is 0.00000312. The summed E-state index contributed by atoms with van der Waals surface area (Å²) in [5.41, 5.74) is 3.58. The number of phenols is 1. The van der Waals surface area contributed by atoms with Crippen LogP contribution in [0, 0.1) is 24.0 Å². The second kappa shape index (κ2) is 19.8. The number of carbonyl (C=O) groups is 2. The summed E-state index contributed by atoms with van der Waals surface area (Å²) in [6.07, 6.45) is 9.61. The van der Waals surface area contributed by atoms with E-state index >= 15 is 8.78 Å². The molecule has 4 aromatic heterocycles. The molecule has 0 bridgehead atoms. The van der Waals surface area contributed by atoms with Gasteiger partial charge >= 0.3 is 12.0 Å². The van der Waals surface area contributed by atoms with E-state index in [4.69, 9.17) is 30.6 Å². The van der Waals surface area contributed by atoms with Gasteiger partial charge in [0.1, 0.15) is 53.7 Å². The van der Waals surface area contributed by atoms with Crippen LogP contribution >= 0.6 is 0 Å². The average Bonchev–Trinajstić information content (AvgIpc) is 4.18. The van der Waals surface area contributed by atoms with Crippen molar-refractivity contribution in [1.82, 2.24) is 34.3 Å². The zero-order valence-electron chi connectivity index (χ0n) is 43.6. The van der Waals surface area contributed by atoms with Gasteiger partial charge in [0, 0.05) is 64.9 Å². The zero-order chi connectivity index (χ0) is 54.2. The van der Waals surface area contributed by atoms with Crippen molar-refractivity contribution in [3.63, 3.8) is 0 Å². The Kier molecular flexibility index (Phi) is 13.2. The third kappa shape index (κ3) is 8.47. The summed E-state index contributed by atoms with van der Waals surface area (Å²) in [4.78, 5) is 65.4. The number of fused-ring (bicyclic) bond motifs is 8. The van der Waals surface area contributed by atoms with Gasteiger partial charge in [-0.1, -0.05) is 39.3 Å². The number of aliphatic hydroxyl groups is 1. The summed E-state index contributed by atoms with van der Waals surface area (Å²) >= 11 is 0. The molecule has 77 heavy (non-hydrogen) atoms. The maximum Gasteiger partial charge on any atom is 0.340 e. The molecule has 3 saturated heterocycles. The van der Waals surface area contributed by atoms with Crippen LogP contribution in [0.2, 0.25) is 0 Å². The number of esters is 1. The normalized spacial score (nSPS) is 18.7. The van der Waals surface area contributed by atoms with Crippen molar-refractivity contribution in [3.05, 3.63) is 117 Å². The van der Waals surface area contributed by atoms with Gasteiger partial charge in [0.2, 0.25) is 0 Å². The molecular weight excluding hydrogens is 987 g/mol. The van der Waals surface area contributed by atoms with Crippen LogP contribution in [0.15, 0.2) is 71.7 Å². The Bertz CT molecular complexity index is 3730. The molecule has 396 valence electrons. The highest BCUT2D eigenvalue weighted by molar-refractivity contribution is 6.03. The van der Waals surface area contributed by atoms with E-state index in [9.17, 15) is 24.6 Å². The third-order valence-electron chi connectivity index (χ3n) is 16.0. The number of cyclic esters (lactones) is 1. The Morgan fingerprint density at radius 3 is 2.52 bits per heavy atom. The number of pyridine rings is 3. The molecular formula is C59H58F2N8O8. The number of hydrogen-bond donors (Lipinski definition) is 2. The molecule has 0 aliphatic carbocycles. The number of piperazine rings is 1. The first-order chi connectivity index (χ1) is 37.2. The maximum absolute atomic E-state index is 17.3. The maximum atomic E-state index is 17.3. The summed E-state index contributed by atoms with van der Waals surface area (Å²) in [6, 6.07) is 12.2. The van der Waals surface area contributed by atoms with Crippen molar-refractivity contribution >= 4 is 50.3 Å². The second-order valence-electron chi connectivity index (χ2n) is 20.3. The van der Waals surface area contributed by atoms with Crippen molar-refractivity contribution in [1.29, 1.82) is 0 Å². The molecule has 12 rings (SSSR count). The van der Waals surface area contributed by atoms with Crippen LogP contribution < -0.4 is 19.9 Å². The van der Waals surface area contributed by atoms with Crippen molar-refractivity contribution in [2.75, 3.05) is 44.2 Å². The first kappa shape index (κ1) is 51.1. The van der Waals surface area contributed by atoms with Crippen molar-refractivity contribution < 1.29 is 42.8 Å². The number of nitrogens with zero attached hydrogens (tertiary/aromatic N) is 8. The zero-order valence-corrected chi connectivity index (χ0v) is 43.6. The van der Waals surface area contributed by atoms with Crippen molar-refractivity contribution in [2.45, 2.75) is 104 Å². The van der Waals surface area contributed by atoms with E-state index in [1.165, 1.54) is 30.5 Å². The lowest BCUT2D eigenvalue weighted by atomic mass is 9.95. The van der Waals surface area contributed by atoms with Crippen LogP contribution in [0.3, 0.4) is 0 Å². The molecule has 3 fully saturated rings. The SMILES string of the molecule is C#Cc1c(F)ccc2cc(O)cc(-c3ncc4c(N5CCN(C(=O)C(=C)C(C)Oc6ccc7nc8c(c(CC)c7c6)Cn6c-8cc7c(c6=O)COC(=O)C7O)C[C@@H]5C)nc(OCC56CCCN5CCC6)nc4c3F)c12.CC. The number of amides is 1. The molecule has 16 nitrogen and oxygen atoms in total. The van der Waals surface area contributed by atoms with Gasteiger partial charge in [-0.2, -0.15) is 9.97 Å². The van der Waals surface area contributed by atoms with Gasteiger partial charge < -0.3 is 38.8 Å². The van der Waals surface area contributed by atoms with Gasteiger partial charge in [-0.3, -0.25) is 19.5 Å². The number of aromatic nitrogens is 5. The molecule has 0 saturated carbocycles. The van der Waals surface area contributed by atoms with Crippen LogP contribution in [-0.4, -0.2) is 113 Å². The van der Waals surface area contributed by atoms with Gasteiger partial charge in [-0.05, 0) is 112 Å². The van der Waals surface area contributed by atoms with E-state index < -0.39 is 29.8 Å². The van der Waals surface area contributed by atoms with Gasteiger partial charge in [0.05, 0.1) is 45.5 Å². The molecule has 5 aliphatic heterocycles. The van der Waals surface area contributed by atoms with Crippen LogP contribution in [0.1, 0.15) is 94.2 Å². The first-order valence-electron chi connectivity index (χ1n) is 26.3. The highest BCUT2D eigenvalue weighted by Crippen LogP contribution is 2.43. The number of ether oxygens (including phenoxy) is 3. The topological polar surface area (TPSA) is 186 Å². The summed E-state index contributed by atoms with van der Waals surface area (Å²) in [6.45, 7) is 17.1. The van der Waals surface area contributed by atoms with Crippen LogP contribution in [-0.2, 0) is 33.9 Å². The van der Waals surface area contributed by atoms with Crippen LogP contribution in [0.25, 0.3) is 55.2 Å². The molecule has 5 aliphatic rings. The minimum Gasteiger partial charge on any atom is -0.508 e.